The third-order valence-electron chi connectivity index (χ3n) is 1.64. The summed E-state index contributed by atoms with van der Waals surface area (Å²) in [6.45, 7) is 1.28. The first-order valence-electron chi connectivity index (χ1n) is 4.49. The van der Waals surface area contributed by atoms with E-state index < -0.39 is 0 Å². The molecule has 0 aromatic carbocycles. The van der Waals surface area contributed by atoms with Crippen LogP contribution in [0, 0.1) is 0 Å². The topological polar surface area (TPSA) is 61.0 Å². The molecule has 0 aliphatic rings. The first-order chi connectivity index (χ1) is 6.86. The van der Waals surface area contributed by atoms with Crippen LogP contribution in [0.2, 0.25) is 0 Å². The molecule has 0 saturated carbocycles. The maximum atomic E-state index is 5.44. The van der Waals surface area contributed by atoms with E-state index >= 15 is 0 Å². The standard InChI is InChI=1S/C9H15N3OS/c1-13-3-2-4-14-9-11-6-8(5-10)7-12-9/h6-7H,2-5,10H2,1H3. The molecule has 1 aromatic heterocycles. The van der Waals surface area contributed by atoms with Gasteiger partial charge in [0.15, 0.2) is 5.16 Å². The first kappa shape index (κ1) is 11.4. The highest BCUT2D eigenvalue weighted by Crippen LogP contribution is 2.12. The number of aromatic nitrogens is 2. The number of methoxy groups -OCH3 is 1. The molecule has 5 heteroatoms. The highest BCUT2D eigenvalue weighted by Gasteiger charge is 1.97. The van der Waals surface area contributed by atoms with E-state index in [-0.39, 0.29) is 0 Å². The molecule has 0 bridgehead atoms. The van der Waals surface area contributed by atoms with E-state index in [1.807, 2.05) is 0 Å². The van der Waals surface area contributed by atoms with Crippen molar-refractivity contribution in [1.82, 2.24) is 9.97 Å². The van der Waals surface area contributed by atoms with E-state index in [9.17, 15) is 0 Å². The minimum Gasteiger partial charge on any atom is -0.385 e. The Balaban J connectivity index is 2.29. The molecule has 14 heavy (non-hydrogen) atoms. The van der Waals surface area contributed by atoms with Gasteiger partial charge in [0.25, 0.3) is 0 Å². The van der Waals surface area contributed by atoms with Gasteiger partial charge in [-0.1, -0.05) is 11.8 Å². The Bertz CT molecular complexity index is 253. The van der Waals surface area contributed by atoms with Gasteiger partial charge in [-0.25, -0.2) is 9.97 Å². The van der Waals surface area contributed by atoms with Gasteiger partial charge in [0.2, 0.25) is 0 Å². The lowest BCUT2D eigenvalue weighted by molar-refractivity contribution is 0.200. The average Bonchev–Trinajstić information content (AvgIpc) is 2.25. The fraction of sp³-hybridized carbons (Fsp3) is 0.556. The summed E-state index contributed by atoms with van der Waals surface area (Å²) in [5, 5.41) is 0.804. The number of ether oxygens (including phenoxy) is 1. The van der Waals surface area contributed by atoms with Crippen molar-refractivity contribution in [2.24, 2.45) is 5.73 Å². The number of nitrogens with zero attached hydrogens (tertiary/aromatic N) is 2. The summed E-state index contributed by atoms with van der Waals surface area (Å²) < 4.78 is 4.95. The Morgan fingerprint density at radius 1 is 1.43 bits per heavy atom. The Hall–Kier alpha value is -0.650. The van der Waals surface area contributed by atoms with Crippen molar-refractivity contribution in [3.8, 4) is 0 Å². The van der Waals surface area contributed by atoms with Gasteiger partial charge in [-0.2, -0.15) is 0 Å². The second-order valence-electron chi connectivity index (χ2n) is 2.77. The molecule has 1 rings (SSSR count). The fourth-order valence-electron chi connectivity index (χ4n) is 0.890. The van der Waals surface area contributed by atoms with Crippen molar-refractivity contribution in [3.05, 3.63) is 18.0 Å². The zero-order chi connectivity index (χ0) is 10.2. The number of hydrogen-bond acceptors (Lipinski definition) is 5. The molecule has 0 amide bonds. The van der Waals surface area contributed by atoms with E-state index in [1.54, 1.807) is 31.3 Å². The fourth-order valence-corrected chi connectivity index (χ4v) is 1.59. The van der Waals surface area contributed by atoms with Gasteiger partial charge in [-0.05, 0) is 6.42 Å². The summed E-state index contributed by atoms with van der Waals surface area (Å²) in [7, 11) is 1.71. The molecule has 0 spiro atoms. The molecule has 0 saturated heterocycles. The highest BCUT2D eigenvalue weighted by molar-refractivity contribution is 7.99. The molecular weight excluding hydrogens is 198 g/mol. The normalized spacial score (nSPS) is 10.4. The summed E-state index contributed by atoms with van der Waals surface area (Å²) >= 11 is 1.64. The zero-order valence-corrected chi connectivity index (χ0v) is 9.09. The predicted molar refractivity (Wildman–Crippen MR) is 57.1 cm³/mol. The SMILES string of the molecule is COCCCSc1ncc(CN)cn1. The van der Waals surface area contributed by atoms with Gasteiger partial charge in [-0.3, -0.25) is 0 Å². The van der Waals surface area contributed by atoms with Crippen molar-refractivity contribution in [2.45, 2.75) is 18.1 Å². The molecule has 4 nitrogen and oxygen atoms in total. The van der Waals surface area contributed by atoms with Gasteiger partial charge >= 0.3 is 0 Å². The molecule has 0 atom stereocenters. The van der Waals surface area contributed by atoms with Crippen LogP contribution < -0.4 is 5.73 Å². The van der Waals surface area contributed by atoms with Crippen LogP contribution >= 0.6 is 11.8 Å². The molecule has 0 aliphatic carbocycles. The van der Waals surface area contributed by atoms with Gasteiger partial charge < -0.3 is 10.5 Å². The van der Waals surface area contributed by atoms with Gasteiger partial charge in [0.05, 0.1) is 0 Å². The predicted octanol–water partition coefficient (Wildman–Crippen LogP) is 1.06. The monoisotopic (exact) mass is 213 g/mol. The van der Waals surface area contributed by atoms with Gasteiger partial charge in [0, 0.05) is 44.0 Å². The first-order valence-corrected chi connectivity index (χ1v) is 5.48. The molecule has 0 fully saturated rings. The maximum absolute atomic E-state index is 5.44. The molecule has 0 unspecified atom stereocenters. The minimum atomic E-state index is 0.495. The largest absolute Gasteiger partial charge is 0.385 e. The van der Waals surface area contributed by atoms with Crippen molar-refractivity contribution >= 4 is 11.8 Å². The minimum absolute atomic E-state index is 0.495. The summed E-state index contributed by atoms with van der Waals surface area (Å²) in [6.07, 6.45) is 4.56. The number of thioether (sulfide) groups is 1. The van der Waals surface area contributed by atoms with E-state index in [0.29, 0.717) is 6.54 Å². The quantitative estimate of drug-likeness (QED) is 0.435. The van der Waals surface area contributed by atoms with E-state index in [1.165, 1.54) is 0 Å². The summed E-state index contributed by atoms with van der Waals surface area (Å²) in [6, 6.07) is 0. The number of hydrogen-bond donors (Lipinski definition) is 1. The van der Waals surface area contributed by atoms with E-state index in [2.05, 4.69) is 9.97 Å². The smallest absolute Gasteiger partial charge is 0.187 e. The van der Waals surface area contributed by atoms with Crippen LogP contribution in [-0.4, -0.2) is 29.4 Å². The van der Waals surface area contributed by atoms with Crippen molar-refractivity contribution in [3.63, 3.8) is 0 Å². The molecule has 1 aromatic rings. The lowest BCUT2D eigenvalue weighted by Gasteiger charge is -2.00. The molecule has 2 N–H and O–H groups in total. The third kappa shape index (κ3) is 4.04. The highest BCUT2D eigenvalue weighted by atomic mass is 32.2. The summed E-state index contributed by atoms with van der Waals surface area (Å²) in [5.74, 6) is 0.982. The zero-order valence-electron chi connectivity index (χ0n) is 8.27. The number of nitrogens with two attached hydrogens (primary N) is 1. The molecular formula is C9H15N3OS. The Labute approximate surface area is 88.3 Å². The molecule has 0 aliphatic heterocycles. The van der Waals surface area contributed by atoms with Crippen LogP contribution in [0.1, 0.15) is 12.0 Å². The summed E-state index contributed by atoms with van der Waals surface area (Å²) in [5.41, 5.74) is 6.40. The molecule has 1 heterocycles. The van der Waals surface area contributed by atoms with Crippen LogP contribution in [0.25, 0.3) is 0 Å². The van der Waals surface area contributed by atoms with Crippen molar-refractivity contribution in [1.29, 1.82) is 0 Å². The van der Waals surface area contributed by atoms with Gasteiger partial charge in [-0.15, -0.1) is 0 Å². The van der Waals surface area contributed by atoms with Crippen molar-refractivity contribution < 1.29 is 4.74 Å². The Kier molecular flexibility index (Phi) is 5.51. The summed E-state index contributed by atoms with van der Waals surface area (Å²) in [4.78, 5) is 8.36. The number of rotatable bonds is 6. The third-order valence-corrected chi connectivity index (χ3v) is 2.60. The molecule has 78 valence electrons. The van der Waals surface area contributed by atoms with Crippen LogP contribution in [-0.2, 0) is 11.3 Å². The van der Waals surface area contributed by atoms with Crippen LogP contribution in [0.15, 0.2) is 17.6 Å². The van der Waals surface area contributed by atoms with Crippen molar-refractivity contribution in [2.75, 3.05) is 19.5 Å². The second kappa shape index (κ2) is 6.75. The Morgan fingerprint density at radius 3 is 2.71 bits per heavy atom. The molecule has 0 radical (unpaired) electrons. The Morgan fingerprint density at radius 2 is 2.14 bits per heavy atom. The van der Waals surface area contributed by atoms with Crippen LogP contribution in [0.4, 0.5) is 0 Å². The lowest BCUT2D eigenvalue weighted by Crippen LogP contribution is -1.99. The second-order valence-corrected chi connectivity index (χ2v) is 3.83. The van der Waals surface area contributed by atoms with E-state index in [4.69, 9.17) is 10.5 Å². The lowest BCUT2D eigenvalue weighted by atomic mass is 10.4. The van der Waals surface area contributed by atoms with Crippen LogP contribution in [0.3, 0.4) is 0 Å². The van der Waals surface area contributed by atoms with Crippen LogP contribution in [0.5, 0.6) is 0 Å². The average molecular weight is 213 g/mol. The maximum Gasteiger partial charge on any atom is 0.187 e. The van der Waals surface area contributed by atoms with Gasteiger partial charge in [0.1, 0.15) is 0 Å². The van der Waals surface area contributed by atoms with E-state index in [0.717, 1.165) is 29.5 Å².